The first-order valence-corrected chi connectivity index (χ1v) is 9.01. The summed E-state index contributed by atoms with van der Waals surface area (Å²) in [4.78, 5) is 31.6. The predicted molar refractivity (Wildman–Crippen MR) is 101 cm³/mol. The van der Waals surface area contributed by atoms with E-state index in [1.54, 1.807) is 9.80 Å². The Morgan fingerprint density at radius 3 is 2.41 bits per heavy atom. The molecule has 2 amide bonds. The minimum Gasteiger partial charge on any atom is -0.445 e. The summed E-state index contributed by atoms with van der Waals surface area (Å²) in [6.07, 6.45) is -0.898. The molecule has 0 saturated carbocycles. The van der Waals surface area contributed by atoms with E-state index in [2.05, 4.69) is 4.85 Å². The predicted octanol–water partition coefficient (Wildman–Crippen LogP) is 3.55. The zero-order valence-electron chi connectivity index (χ0n) is 16.3. The largest absolute Gasteiger partial charge is 0.445 e. The molecule has 7 nitrogen and oxygen atoms in total. The van der Waals surface area contributed by atoms with Gasteiger partial charge in [0.2, 0.25) is 6.54 Å². The first-order chi connectivity index (χ1) is 12.7. The number of nitrogens with zero attached hydrogens (tertiary/aromatic N) is 3. The number of piperazine rings is 1. The molecule has 1 aromatic rings. The summed E-state index contributed by atoms with van der Waals surface area (Å²) >= 11 is 0. The van der Waals surface area contributed by atoms with Crippen LogP contribution in [0.4, 0.5) is 9.59 Å². The summed E-state index contributed by atoms with van der Waals surface area (Å²) in [5.41, 5.74) is 0.297. The topological polar surface area (TPSA) is 63.4 Å². The van der Waals surface area contributed by atoms with Crippen molar-refractivity contribution in [3.8, 4) is 0 Å². The molecule has 0 unspecified atom stereocenters. The number of rotatable bonds is 3. The number of carbonyl (C=O) groups is 2. The standard InChI is InChI=1S/C20H27N3O4/c1-15-12-23(18(24)26-14-16-9-7-6-8-10-16)17(11-21-5)13-22(15)19(25)27-20(2,3)4/h6-10,15,17H,11-14H2,1-4H3/t15-,17+/m1/s1. The van der Waals surface area contributed by atoms with Crippen molar-refractivity contribution in [3.05, 3.63) is 47.3 Å². The van der Waals surface area contributed by atoms with Gasteiger partial charge in [0.05, 0.1) is 12.6 Å². The van der Waals surface area contributed by atoms with E-state index in [0.29, 0.717) is 6.54 Å². The van der Waals surface area contributed by atoms with Crippen LogP contribution < -0.4 is 0 Å². The number of ether oxygens (including phenoxy) is 2. The van der Waals surface area contributed by atoms with Crippen LogP contribution in [-0.4, -0.2) is 59.3 Å². The Morgan fingerprint density at radius 2 is 1.81 bits per heavy atom. The maximum Gasteiger partial charge on any atom is 0.410 e. The Bertz CT molecular complexity index is 693. The van der Waals surface area contributed by atoms with Gasteiger partial charge in [0.25, 0.3) is 0 Å². The lowest BCUT2D eigenvalue weighted by Gasteiger charge is -2.42. The molecule has 0 bridgehead atoms. The van der Waals surface area contributed by atoms with Crippen molar-refractivity contribution in [3.63, 3.8) is 0 Å². The maximum absolute atomic E-state index is 12.6. The highest BCUT2D eigenvalue weighted by Gasteiger charge is 2.40. The molecule has 2 rings (SSSR count). The van der Waals surface area contributed by atoms with Crippen LogP contribution in [0.3, 0.4) is 0 Å². The molecule has 146 valence electrons. The monoisotopic (exact) mass is 373 g/mol. The van der Waals surface area contributed by atoms with Crippen molar-refractivity contribution in [1.29, 1.82) is 0 Å². The van der Waals surface area contributed by atoms with E-state index >= 15 is 0 Å². The highest BCUT2D eigenvalue weighted by molar-refractivity contribution is 5.71. The van der Waals surface area contributed by atoms with Gasteiger partial charge in [-0.05, 0) is 33.3 Å². The molecule has 0 aromatic heterocycles. The molecular formula is C20H27N3O4. The van der Waals surface area contributed by atoms with Crippen LogP contribution in [0.5, 0.6) is 0 Å². The van der Waals surface area contributed by atoms with E-state index in [1.165, 1.54) is 0 Å². The molecule has 0 N–H and O–H groups in total. The number of benzene rings is 1. The van der Waals surface area contributed by atoms with Gasteiger partial charge < -0.3 is 19.2 Å². The highest BCUT2D eigenvalue weighted by atomic mass is 16.6. The van der Waals surface area contributed by atoms with Crippen molar-refractivity contribution < 1.29 is 19.1 Å². The fourth-order valence-corrected chi connectivity index (χ4v) is 2.90. The zero-order chi connectivity index (χ0) is 20.0. The van der Waals surface area contributed by atoms with Crippen LogP contribution in [0.1, 0.15) is 33.3 Å². The van der Waals surface area contributed by atoms with Crippen molar-refractivity contribution >= 4 is 12.2 Å². The zero-order valence-corrected chi connectivity index (χ0v) is 16.3. The molecule has 1 fully saturated rings. The van der Waals surface area contributed by atoms with Gasteiger partial charge in [0, 0.05) is 6.54 Å². The molecular weight excluding hydrogens is 346 g/mol. The number of hydrogen-bond acceptors (Lipinski definition) is 4. The molecule has 1 aromatic carbocycles. The van der Waals surface area contributed by atoms with Crippen molar-refractivity contribution in [2.45, 2.75) is 52.0 Å². The maximum atomic E-state index is 12.6. The second-order valence-corrected chi connectivity index (χ2v) is 7.67. The third-order valence-corrected chi connectivity index (χ3v) is 4.21. The lowest BCUT2D eigenvalue weighted by atomic mass is 10.1. The molecule has 0 radical (unpaired) electrons. The van der Waals surface area contributed by atoms with Gasteiger partial charge >= 0.3 is 12.2 Å². The quantitative estimate of drug-likeness (QED) is 0.760. The lowest BCUT2D eigenvalue weighted by Crippen LogP contribution is -2.61. The molecule has 0 aliphatic carbocycles. The average Bonchev–Trinajstić information content (AvgIpc) is 2.60. The second kappa shape index (κ2) is 8.76. The summed E-state index contributed by atoms with van der Waals surface area (Å²) in [5, 5.41) is 0. The summed E-state index contributed by atoms with van der Waals surface area (Å²) in [6.45, 7) is 15.3. The summed E-state index contributed by atoms with van der Waals surface area (Å²) in [5.74, 6) is 0. The third kappa shape index (κ3) is 5.88. The van der Waals surface area contributed by atoms with E-state index in [-0.39, 0.29) is 25.7 Å². The molecule has 1 saturated heterocycles. The van der Waals surface area contributed by atoms with Gasteiger partial charge in [0.15, 0.2) is 0 Å². The summed E-state index contributed by atoms with van der Waals surface area (Å²) in [6, 6.07) is 8.77. The van der Waals surface area contributed by atoms with Gasteiger partial charge in [-0.2, -0.15) is 0 Å². The minimum absolute atomic E-state index is 0.104. The number of carbonyl (C=O) groups excluding carboxylic acids is 2. The fourth-order valence-electron chi connectivity index (χ4n) is 2.90. The lowest BCUT2D eigenvalue weighted by molar-refractivity contribution is -0.0120. The van der Waals surface area contributed by atoms with Gasteiger partial charge in [-0.15, -0.1) is 0 Å². The SMILES string of the molecule is [C-]#[N+]C[C@H]1CN(C(=O)OC(C)(C)C)[C@H](C)CN1C(=O)OCc1ccccc1. The van der Waals surface area contributed by atoms with E-state index in [4.69, 9.17) is 16.0 Å². The van der Waals surface area contributed by atoms with Crippen LogP contribution in [-0.2, 0) is 16.1 Å². The third-order valence-electron chi connectivity index (χ3n) is 4.21. The van der Waals surface area contributed by atoms with Crippen molar-refractivity contribution in [2.24, 2.45) is 0 Å². The Hall–Kier alpha value is -2.75. The van der Waals surface area contributed by atoms with Gasteiger partial charge in [-0.25, -0.2) is 16.2 Å². The van der Waals surface area contributed by atoms with Gasteiger partial charge in [-0.3, -0.25) is 4.90 Å². The normalized spacial score (nSPS) is 20.0. The Morgan fingerprint density at radius 1 is 1.15 bits per heavy atom. The molecule has 1 aliphatic heterocycles. The second-order valence-electron chi connectivity index (χ2n) is 7.67. The number of hydrogen-bond donors (Lipinski definition) is 0. The smallest absolute Gasteiger partial charge is 0.410 e. The van der Waals surface area contributed by atoms with E-state index in [9.17, 15) is 9.59 Å². The Kier molecular flexibility index (Phi) is 6.67. The van der Waals surface area contributed by atoms with Gasteiger partial charge in [-0.1, -0.05) is 30.3 Å². The molecule has 7 heteroatoms. The Labute approximate surface area is 160 Å². The van der Waals surface area contributed by atoms with Crippen molar-refractivity contribution in [1.82, 2.24) is 9.80 Å². The van der Waals surface area contributed by atoms with Crippen LogP contribution in [0.25, 0.3) is 4.85 Å². The molecule has 27 heavy (non-hydrogen) atoms. The van der Waals surface area contributed by atoms with E-state index in [1.807, 2.05) is 58.0 Å². The minimum atomic E-state index is -0.599. The summed E-state index contributed by atoms with van der Waals surface area (Å²) in [7, 11) is 0. The van der Waals surface area contributed by atoms with Crippen LogP contribution in [0.15, 0.2) is 30.3 Å². The Balaban J connectivity index is 2.03. The molecule has 0 spiro atoms. The highest BCUT2D eigenvalue weighted by Crippen LogP contribution is 2.20. The first-order valence-electron chi connectivity index (χ1n) is 9.01. The van der Waals surface area contributed by atoms with Gasteiger partial charge in [0.1, 0.15) is 18.2 Å². The molecule has 2 atom stereocenters. The average molecular weight is 373 g/mol. The molecule has 1 heterocycles. The van der Waals surface area contributed by atoms with E-state index < -0.39 is 23.8 Å². The number of amides is 2. The fraction of sp³-hybridized carbons (Fsp3) is 0.550. The summed E-state index contributed by atoms with van der Waals surface area (Å²) < 4.78 is 10.9. The van der Waals surface area contributed by atoms with E-state index in [0.717, 1.165) is 5.56 Å². The van der Waals surface area contributed by atoms with Crippen LogP contribution in [0, 0.1) is 6.57 Å². The van der Waals surface area contributed by atoms with Crippen molar-refractivity contribution in [2.75, 3.05) is 19.6 Å². The van der Waals surface area contributed by atoms with Crippen LogP contribution >= 0.6 is 0 Å². The molecule has 1 aliphatic rings. The first kappa shape index (κ1) is 20.6. The van der Waals surface area contributed by atoms with Crippen LogP contribution in [0.2, 0.25) is 0 Å².